The van der Waals surface area contributed by atoms with Crippen molar-refractivity contribution in [3.63, 3.8) is 0 Å². The van der Waals surface area contributed by atoms with E-state index in [1.165, 1.54) is 38.5 Å². The molecule has 158 valence electrons. The van der Waals surface area contributed by atoms with Crippen molar-refractivity contribution in [1.82, 2.24) is 0 Å². The van der Waals surface area contributed by atoms with Crippen LogP contribution in [0.3, 0.4) is 0 Å². The molecule has 0 bridgehead atoms. The average molecular weight is 379 g/mol. The second kappa shape index (κ2) is 17.1. The molecule has 2 nitrogen and oxygen atoms in total. The number of ether oxygens (including phenoxy) is 1. The lowest BCUT2D eigenvalue weighted by atomic mass is 9.96. The highest BCUT2D eigenvalue weighted by molar-refractivity contribution is 5.69. The van der Waals surface area contributed by atoms with Gasteiger partial charge in [0.05, 0.1) is 0 Å². The summed E-state index contributed by atoms with van der Waals surface area (Å²) in [7, 11) is 0. The van der Waals surface area contributed by atoms with Crippen molar-refractivity contribution in [2.75, 3.05) is 0 Å². The van der Waals surface area contributed by atoms with Crippen molar-refractivity contribution in [1.29, 1.82) is 0 Å². The van der Waals surface area contributed by atoms with Crippen LogP contribution in [0.25, 0.3) is 0 Å². The molecule has 0 heterocycles. The lowest BCUT2D eigenvalue weighted by molar-refractivity contribution is -0.154. The van der Waals surface area contributed by atoms with Crippen LogP contribution in [0.1, 0.15) is 106 Å². The summed E-state index contributed by atoms with van der Waals surface area (Å²) < 4.78 is 5.64. The van der Waals surface area contributed by atoms with Crippen LogP contribution in [0.5, 0.6) is 0 Å². The van der Waals surface area contributed by atoms with Gasteiger partial charge in [0.25, 0.3) is 0 Å². The van der Waals surface area contributed by atoms with Crippen molar-refractivity contribution in [3.05, 3.63) is 24.3 Å². The van der Waals surface area contributed by atoms with Crippen molar-refractivity contribution in [3.8, 4) is 0 Å². The Morgan fingerprint density at radius 2 is 1.48 bits per heavy atom. The predicted molar refractivity (Wildman–Crippen MR) is 119 cm³/mol. The van der Waals surface area contributed by atoms with E-state index < -0.39 is 0 Å². The minimum absolute atomic E-state index is 0.0216. The summed E-state index contributed by atoms with van der Waals surface area (Å²) in [6, 6.07) is 0. The Labute approximate surface area is 169 Å². The molecule has 0 radical (unpaired) electrons. The third kappa shape index (κ3) is 15.7. The molecule has 0 fully saturated rings. The highest BCUT2D eigenvalue weighted by Crippen LogP contribution is 2.18. The molecule has 0 aromatic rings. The van der Waals surface area contributed by atoms with E-state index in [4.69, 9.17) is 4.74 Å². The largest absolute Gasteiger partial charge is 0.462 e. The number of hydrogen-bond acceptors (Lipinski definition) is 2. The van der Waals surface area contributed by atoms with E-state index in [1.54, 1.807) is 0 Å². The van der Waals surface area contributed by atoms with Crippen LogP contribution >= 0.6 is 0 Å². The van der Waals surface area contributed by atoms with Gasteiger partial charge in [-0.1, -0.05) is 91.5 Å². The van der Waals surface area contributed by atoms with E-state index in [1.807, 2.05) is 0 Å². The van der Waals surface area contributed by atoms with Crippen LogP contribution in [-0.4, -0.2) is 12.1 Å². The van der Waals surface area contributed by atoms with Gasteiger partial charge in [0.1, 0.15) is 6.10 Å². The Bertz CT molecular complexity index is 399. The Balaban J connectivity index is 3.59. The molecular formula is C25H46O2. The molecule has 0 rings (SSSR count). The zero-order valence-electron chi connectivity index (χ0n) is 19.0. The number of hydrogen-bond donors (Lipinski definition) is 0. The number of unbranched alkanes of at least 4 members (excludes halogenated alkanes) is 5. The molecule has 2 heteroatoms. The van der Waals surface area contributed by atoms with Gasteiger partial charge in [0.15, 0.2) is 0 Å². The minimum Gasteiger partial charge on any atom is -0.462 e. The molecule has 1 atom stereocenters. The van der Waals surface area contributed by atoms with Crippen molar-refractivity contribution in [2.45, 2.75) is 112 Å². The Hall–Kier alpha value is -1.05. The van der Waals surface area contributed by atoms with Gasteiger partial charge in [-0.05, 0) is 49.9 Å². The molecule has 0 saturated heterocycles. The first-order chi connectivity index (χ1) is 12.9. The maximum Gasteiger partial charge on any atom is 0.306 e. The third-order valence-corrected chi connectivity index (χ3v) is 4.98. The van der Waals surface area contributed by atoms with E-state index in [-0.39, 0.29) is 12.1 Å². The van der Waals surface area contributed by atoms with Crippen LogP contribution in [0, 0.1) is 17.8 Å². The number of rotatable bonds is 16. The van der Waals surface area contributed by atoms with Gasteiger partial charge >= 0.3 is 5.97 Å². The Morgan fingerprint density at radius 3 is 2.11 bits per heavy atom. The quantitative estimate of drug-likeness (QED) is 0.155. The molecule has 0 aromatic carbocycles. The topological polar surface area (TPSA) is 26.3 Å². The van der Waals surface area contributed by atoms with Gasteiger partial charge in [-0.3, -0.25) is 4.79 Å². The first kappa shape index (κ1) is 26.0. The zero-order valence-corrected chi connectivity index (χ0v) is 19.0. The van der Waals surface area contributed by atoms with Gasteiger partial charge in [0.2, 0.25) is 0 Å². The highest BCUT2D eigenvalue weighted by Gasteiger charge is 2.21. The fraction of sp³-hybridized carbons (Fsp3) is 0.800. The number of carbonyl (C=O) groups excluding carboxylic acids is 1. The first-order valence-electron chi connectivity index (χ1n) is 11.4. The summed E-state index contributed by atoms with van der Waals surface area (Å²) in [5.74, 6) is 1.46. The lowest BCUT2D eigenvalue weighted by Crippen LogP contribution is -2.28. The fourth-order valence-electron chi connectivity index (χ4n) is 3.47. The normalized spacial score (nSPS) is 13.5. The van der Waals surface area contributed by atoms with Gasteiger partial charge in [-0.2, -0.15) is 0 Å². The van der Waals surface area contributed by atoms with Gasteiger partial charge in [-0.15, -0.1) is 0 Å². The molecule has 0 aliphatic heterocycles. The summed E-state index contributed by atoms with van der Waals surface area (Å²) in [6.45, 7) is 13.0. The van der Waals surface area contributed by atoms with E-state index in [2.05, 4.69) is 65.8 Å². The molecule has 0 aliphatic carbocycles. The molecule has 0 amide bonds. The van der Waals surface area contributed by atoms with E-state index in [9.17, 15) is 4.79 Å². The van der Waals surface area contributed by atoms with Crippen molar-refractivity contribution in [2.24, 2.45) is 17.8 Å². The van der Waals surface area contributed by atoms with E-state index >= 15 is 0 Å². The van der Waals surface area contributed by atoms with Crippen LogP contribution in [0.2, 0.25) is 0 Å². The molecule has 0 N–H and O–H groups in total. The Morgan fingerprint density at radius 1 is 0.852 bits per heavy atom. The molecule has 0 aliphatic rings. The second-order valence-corrected chi connectivity index (χ2v) is 8.65. The first-order valence-corrected chi connectivity index (χ1v) is 11.4. The molecule has 0 saturated carbocycles. The van der Waals surface area contributed by atoms with Crippen LogP contribution in [-0.2, 0) is 9.53 Å². The van der Waals surface area contributed by atoms with Gasteiger partial charge in [0, 0.05) is 6.42 Å². The smallest absolute Gasteiger partial charge is 0.306 e. The third-order valence-electron chi connectivity index (χ3n) is 4.98. The van der Waals surface area contributed by atoms with Crippen LogP contribution < -0.4 is 0 Å². The monoisotopic (exact) mass is 378 g/mol. The Kier molecular flexibility index (Phi) is 16.4. The SMILES string of the molecule is CCCC(C)/C=C\C/C=C\CCCCCCCC(=O)OC(C(C)C)C(C)C. The summed E-state index contributed by atoms with van der Waals surface area (Å²) in [5.41, 5.74) is 0. The summed E-state index contributed by atoms with van der Waals surface area (Å²) in [6.07, 6.45) is 20.4. The molecule has 0 aromatic heterocycles. The summed E-state index contributed by atoms with van der Waals surface area (Å²) >= 11 is 0. The minimum atomic E-state index is -0.0216. The number of esters is 1. The standard InChI is InChI=1S/C25H46O2/c1-7-18-23(6)19-16-14-12-10-8-9-11-13-15-17-20-24(26)27-25(21(2)3)22(4)5/h10,12,16,19,21-23,25H,7-9,11,13-15,17-18,20H2,1-6H3/b12-10-,19-16-. The maximum absolute atomic E-state index is 12.0. The number of allylic oxidation sites excluding steroid dienone is 4. The van der Waals surface area contributed by atoms with E-state index in [0.717, 1.165) is 19.3 Å². The van der Waals surface area contributed by atoms with Crippen molar-refractivity contribution < 1.29 is 9.53 Å². The second-order valence-electron chi connectivity index (χ2n) is 8.65. The predicted octanol–water partition coefficient (Wildman–Crippen LogP) is 7.88. The molecular weight excluding hydrogens is 332 g/mol. The fourth-order valence-corrected chi connectivity index (χ4v) is 3.47. The molecule has 27 heavy (non-hydrogen) atoms. The molecule has 0 spiro atoms. The summed E-state index contributed by atoms with van der Waals surface area (Å²) in [4.78, 5) is 12.0. The maximum atomic E-state index is 12.0. The molecule has 1 unspecified atom stereocenters. The van der Waals surface area contributed by atoms with Crippen LogP contribution in [0.15, 0.2) is 24.3 Å². The average Bonchev–Trinajstić information content (AvgIpc) is 2.60. The van der Waals surface area contributed by atoms with Gasteiger partial charge in [-0.25, -0.2) is 0 Å². The van der Waals surface area contributed by atoms with E-state index in [0.29, 0.717) is 24.2 Å². The van der Waals surface area contributed by atoms with Crippen molar-refractivity contribution >= 4 is 5.97 Å². The number of carbonyl (C=O) groups is 1. The zero-order chi connectivity index (χ0) is 20.5. The van der Waals surface area contributed by atoms with Crippen LogP contribution in [0.4, 0.5) is 0 Å². The lowest BCUT2D eigenvalue weighted by Gasteiger charge is -2.24. The highest BCUT2D eigenvalue weighted by atomic mass is 16.5. The summed E-state index contributed by atoms with van der Waals surface area (Å²) in [5, 5.41) is 0. The van der Waals surface area contributed by atoms with Gasteiger partial charge < -0.3 is 4.74 Å².